The van der Waals surface area contributed by atoms with Crippen molar-refractivity contribution in [3.8, 4) is 0 Å². The minimum atomic E-state index is -1.90. The third-order valence-corrected chi connectivity index (χ3v) is 7.90. The van der Waals surface area contributed by atoms with Crippen LogP contribution in [0.15, 0.2) is 12.7 Å². The van der Waals surface area contributed by atoms with Crippen LogP contribution >= 0.6 is 0 Å². The van der Waals surface area contributed by atoms with Crippen LogP contribution in [-0.2, 0) is 9.22 Å². The van der Waals surface area contributed by atoms with E-state index in [-0.39, 0.29) is 11.1 Å². The summed E-state index contributed by atoms with van der Waals surface area (Å²) in [6, 6.07) is 0. The monoisotopic (exact) mass is 244 g/mol. The van der Waals surface area contributed by atoms with Crippen molar-refractivity contribution in [2.75, 3.05) is 0 Å². The smallest absolute Gasteiger partial charge is 0.312 e. The van der Waals surface area contributed by atoms with Crippen LogP contribution in [0.3, 0.4) is 0 Å². The molecule has 4 heteroatoms. The second kappa shape index (κ2) is 5.14. The van der Waals surface area contributed by atoms with Crippen molar-refractivity contribution < 1.29 is 14.3 Å². The summed E-state index contributed by atoms with van der Waals surface area (Å²) in [5.41, 5.74) is 0. The molecule has 0 aliphatic rings. The standard InChI is InChI=1S/C12H24O3Si/c1-8-10(11(13)14)9(2)15-16(6,7)12(3,4)5/h8-10H,1H2,2-7H3,(H,13,14)/t9-,10-/m1/s1. The first-order chi connectivity index (χ1) is 7.03. The minimum Gasteiger partial charge on any atom is -0.481 e. The first kappa shape index (κ1) is 15.4. The maximum Gasteiger partial charge on any atom is 0.312 e. The van der Waals surface area contributed by atoms with Crippen LogP contribution in [0.25, 0.3) is 0 Å². The van der Waals surface area contributed by atoms with Crippen LogP contribution in [0.1, 0.15) is 27.7 Å². The molecule has 0 aromatic rings. The van der Waals surface area contributed by atoms with Gasteiger partial charge in [0.05, 0.1) is 12.0 Å². The molecule has 3 nitrogen and oxygen atoms in total. The fourth-order valence-corrected chi connectivity index (χ4v) is 2.64. The Hall–Kier alpha value is -0.613. The molecule has 0 heterocycles. The quantitative estimate of drug-likeness (QED) is 0.596. The van der Waals surface area contributed by atoms with Gasteiger partial charge in [0.2, 0.25) is 0 Å². The predicted molar refractivity (Wildman–Crippen MR) is 69.1 cm³/mol. The van der Waals surface area contributed by atoms with E-state index in [1.165, 1.54) is 6.08 Å². The Morgan fingerprint density at radius 1 is 1.44 bits per heavy atom. The average molecular weight is 244 g/mol. The van der Waals surface area contributed by atoms with Crippen molar-refractivity contribution in [2.45, 2.75) is 51.9 Å². The van der Waals surface area contributed by atoms with E-state index in [2.05, 4.69) is 40.4 Å². The van der Waals surface area contributed by atoms with Crippen LogP contribution in [0, 0.1) is 5.92 Å². The molecule has 0 aromatic carbocycles. The van der Waals surface area contributed by atoms with E-state index in [0.717, 1.165) is 0 Å². The van der Waals surface area contributed by atoms with Gasteiger partial charge in [0.25, 0.3) is 0 Å². The number of hydrogen-bond acceptors (Lipinski definition) is 2. The van der Waals surface area contributed by atoms with E-state index in [0.29, 0.717) is 0 Å². The molecule has 1 N–H and O–H groups in total. The van der Waals surface area contributed by atoms with E-state index in [9.17, 15) is 4.79 Å². The summed E-state index contributed by atoms with van der Waals surface area (Å²) in [6.45, 7) is 16.0. The molecule has 0 aliphatic carbocycles. The van der Waals surface area contributed by atoms with Crippen molar-refractivity contribution in [2.24, 2.45) is 5.92 Å². The zero-order valence-corrected chi connectivity index (χ0v) is 12.2. The maximum atomic E-state index is 11.0. The van der Waals surface area contributed by atoms with Gasteiger partial charge in [-0.15, -0.1) is 6.58 Å². The normalized spacial score (nSPS) is 16.6. The first-order valence-electron chi connectivity index (χ1n) is 5.56. The number of carboxylic acid groups (broad SMARTS) is 1. The Labute approximate surface area is 99.6 Å². The molecule has 0 amide bonds. The van der Waals surface area contributed by atoms with E-state index in [1.54, 1.807) is 6.92 Å². The molecule has 0 unspecified atom stereocenters. The third-order valence-electron chi connectivity index (χ3n) is 3.33. The highest BCUT2D eigenvalue weighted by Gasteiger charge is 2.40. The molecule has 0 spiro atoms. The van der Waals surface area contributed by atoms with Gasteiger partial charge in [-0.1, -0.05) is 26.8 Å². The Bertz CT molecular complexity index is 266. The number of carboxylic acids is 1. The molecular weight excluding hydrogens is 220 g/mol. The van der Waals surface area contributed by atoms with Gasteiger partial charge in [-0.3, -0.25) is 4.79 Å². The molecule has 0 saturated heterocycles. The Balaban J connectivity index is 4.73. The molecule has 94 valence electrons. The van der Waals surface area contributed by atoms with Crippen LogP contribution in [0.4, 0.5) is 0 Å². The van der Waals surface area contributed by atoms with Crippen molar-refractivity contribution in [1.82, 2.24) is 0 Å². The van der Waals surface area contributed by atoms with E-state index < -0.39 is 20.2 Å². The third kappa shape index (κ3) is 3.76. The minimum absolute atomic E-state index is 0.0888. The fraction of sp³-hybridized carbons (Fsp3) is 0.750. The highest BCUT2D eigenvalue weighted by Crippen LogP contribution is 2.38. The lowest BCUT2D eigenvalue weighted by atomic mass is 10.1. The molecule has 0 saturated carbocycles. The Kier molecular flexibility index (Phi) is 4.95. The van der Waals surface area contributed by atoms with E-state index >= 15 is 0 Å². The summed E-state index contributed by atoms with van der Waals surface area (Å²) in [5, 5.41) is 9.10. The summed E-state index contributed by atoms with van der Waals surface area (Å²) < 4.78 is 6.00. The highest BCUT2D eigenvalue weighted by molar-refractivity contribution is 6.74. The lowest BCUT2D eigenvalue weighted by molar-refractivity contribution is -0.142. The molecule has 0 rings (SSSR count). The predicted octanol–water partition coefficient (Wildman–Crippen LogP) is 3.28. The first-order valence-corrected chi connectivity index (χ1v) is 8.47. The van der Waals surface area contributed by atoms with Gasteiger partial charge < -0.3 is 9.53 Å². The van der Waals surface area contributed by atoms with Gasteiger partial charge in [-0.05, 0) is 25.1 Å². The van der Waals surface area contributed by atoms with E-state index in [1.807, 2.05) is 0 Å². The highest BCUT2D eigenvalue weighted by atomic mass is 28.4. The van der Waals surface area contributed by atoms with Crippen molar-refractivity contribution >= 4 is 14.3 Å². The van der Waals surface area contributed by atoms with Gasteiger partial charge in [0.15, 0.2) is 8.32 Å². The van der Waals surface area contributed by atoms with Crippen LogP contribution < -0.4 is 0 Å². The molecule has 0 radical (unpaired) electrons. The van der Waals surface area contributed by atoms with Crippen LogP contribution in [0.5, 0.6) is 0 Å². The molecule has 0 aliphatic heterocycles. The SMILES string of the molecule is C=C[C@@H](C(=O)O)[C@@H](C)O[Si](C)(C)C(C)(C)C. The van der Waals surface area contributed by atoms with Gasteiger partial charge >= 0.3 is 5.97 Å². The largest absolute Gasteiger partial charge is 0.481 e. The fourth-order valence-electron chi connectivity index (χ4n) is 1.21. The van der Waals surface area contributed by atoms with Crippen molar-refractivity contribution in [3.63, 3.8) is 0 Å². The summed E-state index contributed by atoms with van der Waals surface area (Å²) in [6.07, 6.45) is 1.12. The zero-order chi connectivity index (χ0) is 13.1. The molecule has 0 bridgehead atoms. The Morgan fingerprint density at radius 3 is 2.12 bits per heavy atom. The zero-order valence-electron chi connectivity index (χ0n) is 11.2. The average Bonchev–Trinajstić information content (AvgIpc) is 2.00. The van der Waals surface area contributed by atoms with Gasteiger partial charge in [-0.2, -0.15) is 0 Å². The van der Waals surface area contributed by atoms with Gasteiger partial charge in [-0.25, -0.2) is 0 Å². The molecular formula is C12H24O3Si. The lowest BCUT2D eigenvalue weighted by Crippen LogP contribution is -2.45. The molecule has 2 atom stereocenters. The molecule has 0 aromatic heterocycles. The lowest BCUT2D eigenvalue weighted by Gasteiger charge is -2.39. The topological polar surface area (TPSA) is 46.5 Å². The summed E-state index contributed by atoms with van der Waals surface area (Å²) in [7, 11) is -1.90. The van der Waals surface area contributed by atoms with Crippen LogP contribution in [0.2, 0.25) is 18.1 Å². The number of rotatable bonds is 5. The van der Waals surface area contributed by atoms with Gasteiger partial charge in [0.1, 0.15) is 0 Å². The van der Waals surface area contributed by atoms with Crippen molar-refractivity contribution in [3.05, 3.63) is 12.7 Å². The van der Waals surface area contributed by atoms with E-state index in [4.69, 9.17) is 9.53 Å². The second-order valence-electron chi connectivity index (χ2n) is 5.68. The van der Waals surface area contributed by atoms with Crippen molar-refractivity contribution in [1.29, 1.82) is 0 Å². The number of carbonyl (C=O) groups is 1. The number of hydrogen-bond donors (Lipinski definition) is 1. The van der Waals surface area contributed by atoms with Gasteiger partial charge in [0, 0.05) is 0 Å². The molecule has 16 heavy (non-hydrogen) atoms. The summed E-state index contributed by atoms with van der Waals surface area (Å²) in [5.74, 6) is -1.50. The second-order valence-corrected chi connectivity index (χ2v) is 10.4. The summed E-state index contributed by atoms with van der Waals surface area (Å²) in [4.78, 5) is 11.0. The summed E-state index contributed by atoms with van der Waals surface area (Å²) >= 11 is 0. The maximum absolute atomic E-state index is 11.0. The number of aliphatic carboxylic acids is 1. The van der Waals surface area contributed by atoms with Crippen LogP contribution in [-0.4, -0.2) is 25.5 Å². The Morgan fingerprint density at radius 2 is 1.88 bits per heavy atom. The molecule has 0 fully saturated rings.